The molecule has 1 saturated heterocycles. The van der Waals surface area contributed by atoms with Crippen molar-refractivity contribution in [3.63, 3.8) is 0 Å². The van der Waals surface area contributed by atoms with E-state index in [-0.39, 0.29) is 12.0 Å². The molecule has 0 aromatic heterocycles. The Labute approximate surface area is 118 Å². The largest absolute Gasteiger partial charge is 0.466 e. The van der Waals surface area contributed by atoms with Crippen molar-refractivity contribution in [2.45, 2.75) is 31.0 Å². The van der Waals surface area contributed by atoms with E-state index in [1.165, 1.54) is 7.11 Å². The summed E-state index contributed by atoms with van der Waals surface area (Å²) in [6.07, 6.45) is 0.983. The van der Waals surface area contributed by atoms with E-state index in [2.05, 4.69) is 4.90 Å². The monoisotopic (exact) mass is 273 g/mol. The predicted octanol–water partition coefficient (Wildman–Crippen LogP) is 1.45. The van der Waals surface area contributed by atoms with Crippen molar-refractivity contribution >= 4 is 11.5 Å². The van der Waals surface area contributed by atoms with Crippen molar-refractivity contribution in [3.8, 4) is 0 Å². The molecule has 2 aliphatic heterocycles. The fourth-order valence-electron chi connectivity index (χ4n) is 3.49. The van der Waals surface area contributed by atoms with Gasteiger partial charge in [0.05, 0.1) is 24.8 Å². The van der Waals surface area contributed by atoms with E-state index in [0.717, 1.165) is 17.6 Å². The molecule has 0 spiro atoms. The van der Waals surface area contributed by atoms with Crippen LogP contribution in [0.25, 0.3) is 5.57 Å². The SMILES string of the molecule is COC(=O)C1=C(c2ccccc2)C[C@H]2C[C@@H](O)[C@H]1N2C. The number of ether oxygens (including phenoxy) is 1. The summed E-state index contributed by atoms with van der Waals surface area (Å²) in [4.78, 5) is 14.3. The number of nitrogens with zero attached hydrogens (tertiary/aromatic N) is 1. The predicted molar refractivity (Wildman–Crippen MR) is 76.0 cm³/mol. The number of likely N-dealkylation sites (N-methyl/N-ethyl adjacent to an activating group) is 1. The fourth-order valence-corrected chi connectivity index (χ4v) is 3.49. The maximum atomic E-state index is 12.2. The summed E-state index contributed by atoms with van der Waals surface area (Å²) >= 11 is 0. The van der Waals surface area contributed by atoms with Crippen LogP contribution in [0.5, 0.6) is 0 Å². The van der Waals surface area contributed by atoms with Gasteiger partial charge in [-0.3, -0.25) is 4.90 Å². The van der Waals surface area contributed by atoms with Crippen LogP contribution in [0.4, 0.5) is 0 Å². The molecule has 20 heavy (non-hydrogen) atoms. The van der Waals surface area contributed by atoms with Crippen LogP contribution in [0.2, 0.25) is 0 Å². The molecule has 4 nitrogen and oxygen atoms in total. The number of rotatable bonds is 2. The molecule has 1 N–H and O–H groups in total. The van der Waals surface area contributed by atoms with Gasteiger partial charge in [-0.05, 0) is 31.0 Å². The molecule has 1 fully saturated rings. The Kier molecular flexibility index (Phi) is 3.36. The Hall–Kier alpha value is -1.65. The van der Waals surface area contributed by atoms with Gasteiger partial charge in [0, 0.05) is 6.04 Å². The molecule has 1 aromatic carbocycles. The van der Waals surface area contributed by atoms with E-state index >= 15 is 0 Å². The highest BCUT2D eigenvalue weighted by Gasteiger charge is 2.47. The number of hydrogen-bond acceptors (Lipinski definition) is 4. The number of methoxy groups -OCH3 is 1. The van der Waals surface area contributed by atoms with Crippen LogP contribution in [0.15, 0.2) is 35.9 Å². The van der Waals surface area contributed by atoms with E-state index in [0.29, 0.717) is 18.0 Å². The Bertz CT molecular complexity index is 552. The molecular formula is C16H19NO3. The van der Waals surface area contributed by atoms with E-state index in [4.69, 9.17) is 4.74 Å². The summed E-state index contributed by atoms with van der Waals surface area (Å²) in [6, 6.07) is 9.95. The van der Waals surface area contributed by atoms with Crippen molar-refractivity contribution in [3.05, 3.63) is 41.5 Å². The molecule has 0 saturated carbocycles. The highest BCUT2D eigenvalue weighted by Crippen LogP contribution is 2.42. The summed E-state index contributed by atoms with van der Waals surface area (Å²) < 4.78 is 4.95. The van der Waals surface area contributed by atoms with Crippen LogP contribution in [0.1, 0.15) is 18.4 Å². The van der Waals surface area contributed by atoms with Crippen molar-refractivity contribution in [1.29, 1.82) is 0 Å². The highest BCUT2D eigenvalue weighted by molar-refractivity contribution is 6.00. The first-order valence-electron chi connectivity index (χ1n) is 6.90. The second-order valence-corrected chi connectivity index (χ2v) is 5.52. The van der Waals surface area contributed by atoms with E-state index in [1.807, 2.05) is 37.4 Å². The van der Waals surface area contributed by atoms with Gasteiger partial charge >= 0.3 is 5.97 Å². The lowest BCUT2D eigenvalue weighted by Crippen LogP contribution is -2.43. The number of fused-ring (bicyclic) bond motifs is 2. The van der Waals surface area contributed by atoms with Crippen LogP contribution in [0, 0.1) is 0 Å². The Morgan fingerprint density at radius 2 is 2.05 bits per heavy atom. The first-order valence-corrected chi connectivity index (χ1v) is 6.90. The van der Waals surface area contributed by atoms with Gasteiger partial charge in [0.2, 0.25) is 0 Å². The molecule has 3 rings (SSSR count). The van der Waals surface area contributed by atoms with E-state index in [1.54, 1.807) is 0 Å². The van der Waals surface area contributed by atoms with Crippen molar-refractivity contribution in [1.82, 2.24) is 4.90 Å². The van der Waals surface area contributed by atoms with Gasteiger partial charge in [-0.15, -0.1) is 0 Å². The van der Waals surface area contributed by atoms with Gasteiger partial charge in [0.25, 0.3) is 0 Å². The van der Waals surface area contributed by atoms with Gasteiger partial charge in [0.1, 0.15) is 0 Å². The minimum Gasteiger partial charge on any atom is -0.466 e. The van der Waals surface area contributed by atoms with Crippen LogP contribution < -0.4 is 0 Å². The molecule has 1 aromatic rings. The lowest BCUT2D eigenvalue weighted by molar-refractivity contribution is -0.137. The number of hydrogen-bond donors (Lipinski definition) is 1. The summed E-state index contributed by atoms with van der Waals surface area (Å²) in [7, 11) is 3.36. The summed E-state index contributed by atoms with van der Waals surface area (Å²) in [6.45, 7) is 0. The maximum absolute atomic E-state index is 12.2. The number of carbonyl (C=O) groups is 1. The number of aliphatic hydroxyl groups excluding tert-OH is 1. The maximum Gasteiger partial charge on any atom is 0.335 e. The fraction of sp³-hybridized carbons (Fsp3) is 0.438. The highest BCUT2D eigenvalue weighted by atomic mass is 16.5. The second kappa shape index (κ2) is 5.04. The normalized spacial score (nSPS) is 29.6. The third-order valence-electron chi connectivity index (χ3n) is 4.48. The zero-order chi connectivity index (χ0) is 14.3. The summed E-state index contributed by atoms with van der Waals surface area (Å²) in [5.74, 6) is -0.333. The zero-order valence-electron chi connectivity index (χ0n) is 11.7. The first-order chi connectivity index (χ1) is 9.63. The molecule has 3 atom stereocenters. The number of benzene rings is 1. The van der Waals surface area contributed by atoms with Crippen molar-refractivity contribution < 1.29 is 14.6 Å². The summed E-state index contributed by atoms with van der Waals surface area (Å²) in [5.41, 5.74) is 2.68. The van der Waals surface area contributed by atoms with Gasteiger partial charge in [-0.2, -0.15) is 0 Å². The lowest BCUT2D eigenvalue weighted by Gasteiger charge is -2.34. The van der Waals surface area contributed by atoms with Crippen LogP contribution in [-0.4, -0.2) is 48.3 Å². The number of aliphatic hydroxyl groups is 1. The van der Waals surface area contributed by atoms with Gasteiger partial charge < -0.3 is 9.84 Å². The molecule has 2 bridgehead atoms. The lowest BCUT2D eigenvalue weighted by atomic mass is 9.88. The van der Waals surface area contributed by atoms with Gasteiger partial charge in [0.15, 0.2) is 0 Å². The third-order valence-corrected chi connectivity index (χ3v) is 4.48. The summed E-state index contributed by atoms with van der Waals surface area (Å²) in [5, 5.41) is 10.3. The number of esters is 1. The molecule has 0 radical (unpaired) electrons. The Morgan fingerprint density at radius 1 is 1.35 bits per heavy atom. The number of carbonyl (C=O) groups excluding carboxylic acids is 1. The first kappa shape index (κ1) is 13.3. The second-order valence-electron chi connectivity index (χ2n) is 5.52. The molecule has 0 aliphatic carbocycles. The molecule has 2 heterocycles. The topological polar surface area (TPSA) is 49.8 Å². The minimum atomic E-state index is -0.500. The van der Waals surface area contributed by atoms with Crippen molar-refractivity contribution in [2.75, 3.05) is 14.2 Å². The van der Waals surface area contributed by atoms with Crippen LogP contribution in [0.3, 0.4) is 0 Å². The van der Waals surface area contributed by atoms with Crippen molar-refractivity contribution in [2.24, 2.45) is 0 Å². The van der Waals surface area contributed by atoms with E-state index < -0.39 is 6.10 Å². The Balaban J connectivity index is 2.14. The quantitative estimate of drug-likeness (QED) is 0.829. The minimum absolute atomic E-state index is 0.253. The smallest absolute Gasteiger partial charge is 0.335 e. The molecule has 0 amide bonds. The molecule has 0 unspecified atom stereocenters. The molecule has 2 aliphatic rings. The standard InChI is InChI=1S/C16H19NO3/c1-17-11-8-12(10-6-4-3-5-7-10)14(16(19)20-2)15(17)13(18)9-11/h3-7,11,13,15,18H,8-9H2,1-2H3/t11-,13+,15+/m0/s1. The van der Waals surface area contributed by atoms with Crippen LogP contribution in [-0.2, 0) is 9.53 Å². The zero-order valence-corrected chi connectivity index (χ0v) is 11.7. The molecule has 106 valence electrons. The molecular weight excluding hydrogens is 254 g/mol. The van der Waals surface area contributed by atoms with Crippen LogP contribution >= 0.6 is 0 Å². The van der Waals surface area contributed by atoms with Gasteiger partial charge in [-0.25, -0.2) is 4.79 Å². The average Bonchev–Trinajstić information content (AvgIpc) is 2.66. The average molecular weight is 273 g/mol. The van der Waals surface area contributed by atoms with Gasteiger partial charge in [-0.1, -0.05) is 30.3 Å². The Morgan fingerprint density at radius 3 is 2.70 bits per heavy atom. The van der Waals surface area contributed by atoms with E-state index in [9.17, 15) is 9.90 Å². The molecule has 4 heteroatoms. The third kappa shape index (κ3) is 1.96.